The summed E-state index contributed by atoms with van der Waals surface area (Å²) in [6.07, 6.45) is 1.94. The molecule has 1 atom stereocenters. The first kappa shape index (κ1) is 18.9. The Morgan fingerprint density at radius 2 is 2.03 bits per heavy atom. The quantitative estimate of drug-likeness (QED) is 0.512. The molecule has 10 heteroatoms. The molecule has 148 valence electrons. The molecule has 1 N–H and O–H groups in total. The van der Waals surface area contributed by atoms with E-state index in [1.54, 1.807) is 6.07 Å². The first-order valence-corrected chi connectivity index (χ1v) is 9.03. The van der Waals surface area contributed by atoms with Crippen molar-refractivity contribution in [2.45, 2.75) is 12.5 Å². The summed E-state index contributed by atoms with van der Waals surface area (Å²) in [5.74, 6) is 0.178. The van der Waals surface area contributed by atoms with E-state index < -0.39 is 10.5 Å². The van der Waals surface area contributed by atoms with Gasteiger partial charge in [0.1, 0.15) is 16.6 Å². The van der Waals surface area contributed by atoms with Crippen LogP contribution in [-0.2, 0) is 0 Å². The number of benzene rings is 2. The second kappa shape index (κ2) is 7.51. The fourth-order valence-electron chi connectivity index (χ4n) is 3.14. The molecule has 0 fully saturated rings. The SMILES string of the molecule is O=c1c(Cl)c(NC2CCOc3ccc(F)cc32)cnn1-c1ccc([N+](=O)[O-])cc1. The van der Waals surface area contributed by atoms with Gasteiger partial charge in [0.2, 0.25) is 0 Å². The summed E-state index contributed by atoms with van der Waals surface area (Å²) in [5, 5.41) is 17.9. The summed E-state index contributed by atoms with van der Waals surface area (Å²) in [4.78, 5) is 22.9. The lowest BCUT2D eigenvalue weighted by molar-refractivity contribution is -0.384. The molecule has 0 amide bonds. The lowest BCUT2D eigenvalue weighted by Gasteiger charge is -2.27. The number of nitrogens with one attached hydrogen (secondary N) is 1. The highest BCUT2D eigenvalue weighted by Gasteiger charge is 2.23. The summed E-state index contributed by atoms with van der Waals surface area (Å²) in [7, 11) is 0. The number of ether oxygens (including phenoxy) is 1. The van der Waals surface area contributed by atoms with E-state index >= 15 is 0 Å². The van der Waals surface area contributed by atoms with Gasteiger partial charge in [-0.1, -0.05) is 11.6 Å². The molecule has 3 aromatic rings. The van der Waals surface area contributed by atoms with Crippen LogP contribution in [0.5, 0.6) is 5.75 Å². The first-order valence-electron chi connectivity index (χ1n) is 8.65. The maximum absolute atomic E-state index is 13.7. The zero-order chi connectivity index (χ0) is 20.5. The van der Waals surface area contributed by atoms with Crippen LogP contribution in [0, 0.1) is 15.9 Å². The molecule has 8 nitrogen and oxygen atoms in total. The minimum atomic E-state index is -0.586. The number of non-ortho nitro benzene ring substituents is 1. The topological polar surface area (TPSA) is 99.3 Å². The molecule has 0 saturated carbocycles. The van der Waals surface area contributed by atoms with Crippen molar-refractivity contribution in [3.63, 3.8) is 0 Å². The van der Waals surface area contributed by atoms with Crippen LogP contribution in [0.25, 0.3) is 5.69 Å². The van der Waals surface area contributed by atoms with Crippen molar-refractivity contribution in [2.24, 2.45) is 0 Å². The minimum Gasteiger partial charge on any atom is -0.493 e. The van der Waals surface area contributed by atoms with Crippen molar-refractivity contribution in [2.75, 3.05) is 11.9 Å². The van der Waals surface area contributed by atoms with Gasteiger partial charge in [-0.15, -0.1) is 0 Å². The number of rotatable bonds is 4. The van der Waals surface area contributed by atoms with Gasteiger partial charge in [-0.2, -0.15) is 9.78 Å². The number of halogens is 2. The van der Waals surface area contributed by atoms with Crippen molar-refractivity contribution in [1.82, 2.24) is 9.78 Å². The molecule has 0 saturated heterocycles. The molecule has 1 aliphatic rings. The Hall–Kier alpha value is -3.46. The maximum atomic E-state index is 13.7. The van der Waals surface area contributed by atoms with E-state index in [-0.39, 0.29) is 22.6 Å². The van der Waals surface area contributed by atoms with Crippen LogP contribution in [0.1, 0.15) is 18.0 Å². The molecule has 1 aliphatic heterocycles. The van der Waals surface area contributed by atoms with Gasteiger partial charge in [0, 0.05) is 24.1 Å². The summed E-state index contributed by atoms with van der Waals surface area (Å²) in [6, 6.07) is 9.33. The summed E-state index contributed by atoms with van der Waals surface area (Å²) in [5.41, 5.74) is 0.588. The lowest BCUT2D eigenvalue weighted by atomic mass is 10.00. The van der Waals surface area contributed by atoms with Gasteiger partial charge in [0.25, 0.3) is 11.2 Å². The average molecular weight is 417 g/mol. The zero-order valence-electron chi connectivity index (χ0n) is 14.8. The van der Waals surface area contributed by atoms with Crippen LogP contribution < -0.4 is 15.6 Å². The highest BCUT2D eigenvalue weighted by atomic mass is 35.5. The number of nitro benzene ring substituents is 1. The molecular formula is C19H14ClFN4O4. The normalized spacial score (nSPS) is 15.3. The maximum Gasteiger partial charge on any atom is 0.292 e. The Balaban J connectivity index is 1.64. The van der Waals surface area contributed by atoms with E-state index in [0.29, 0.717) is 35.7 Å². The molecule has 0 bridgehead atoms. The molecule has 0 aliphatic carbocycles. The number of fused-ring (bicyclic) bond motifs is 1. The number of aromatic nitrogens is 2. The highest BCUT2D eigenvalue weighted by Crippen LogP contribution is 2.35. The molecule has 1 aromatic heterocycles. The molecular weight excluding hydrogens is 403 g/mol. The Morgan fingerprint density at radius 3 is 2.76 bits per heavy atom. The zero-order valence-corrected chi connectivity index (χ0v) is 15.6. The molecule has 4 rings (SSSR count). The lowest BCUT2D eigenvalue weighted by Crippen LogP contribution is -2.25. The predicted octanol–water partition coefficient (Wildman–Crippen LogP) is 3.87. The van der Waals surface area contributed by atoms with Gasteiger partial charge in [0.15, 0.2) is 0 Å². The van der Waals surface area contributed by atoms with Gasteiger partial charge in [-0.25, -0.2) is 4.39 Å². The van der Waals surface area contributed by atoms with Gasteiger partial charge >= 0.3 is 0 Å². The van der Waals surface area contributed by atoms with Gasteiger partial charge < -0.3 is 10.1 Å². The van der Waals surface area contributed by atoms with Gasteiger partial charge in [-0.05, 0) is 30.3 Å². The first-order chi connectivity index (χ1) is 13.9. The van der Waals surface area contributed by atoms with E-state index in [4.69, 9.17) is 16.3 Å². The van der Waals surface area contributed by atoms with E-state index in [9.17, 15) is 19.3 Å². The fourth-order valence-corrected chi connectivity index (χ4v) is 3.32. The van der Waals surface area contributed by atoms with Gasteiger partial charge in [-0.3, -0.25) is 14.9 Å². The number of nitrogens with zero attached hydrogens (tertiary/aromatic N) is 3. The average Bonchev–Trinajstić information content (AvgIpc) is 2.72. The monoisotopic (exact) mass is 416 g/mol. The van der Waals surface area contributed by atoms with E-state index in [1.165, 1.54) is 42.6 Å². The Labute approximate surface area is 168 Å². The van der Waals surface area contributed by atoms with Crippen molar-refractivity contribution in [1.29, 1.82) is 0 Å². The minimum absolute atomic E-state index is 0.0946. The van der Waals surface area contributed by atoms with Crippen LogP contribution in [0.3, 0.4) is 0 Å². The molecule has 0 spiro atoms. The molecule has 2 heterocycles. The smallest absolute Gasteiger partial charge is 0.292 e. The van der Waals surface area contributed by atoms with Crippen LogP contribution >= 0.6 is 11.6 Å². The Kier molecular flexibility index (Phi) is 4.89. The van der Waals surface area contributed by atoms with Crippen LogP contribution in [0.4, 0.5) is 15.8 Å². The summed E-state index contributed by atoms with van der Waals surface area (Å²) in [6.45, 7) is 0.432. The molecule has 0 radical (unpaired) electrons. The Morgan fingerprint density at radius 1 is 1.28 bits per heavy atom. The molecule has 29 heavy (non-hydrogen) atoms. The van der Waals surface area contributed by atoms with E-state index in [0.717, 1.165) is 4.68 Å². The van der Waals surface area contributed by atoms with Crippen LogP contribution in [0.2, 0.25) is 5.02 Å². The van der Waals surface area contributed by atoms with Crippen LogP contribution in [0.15, 0.2) is 53.5 Å². The third-order valence-electron chi connectivity index (χ3n) is 4.57. The van der Waals surface area contributed by atoms with Crippen molar-refractivity contribution >= 4 is 23.0 Å². The Bertz CT molecular complexity index is 1150. The second-order valence-corrected chi connectivity index (χ2v) is 6.76. The fraction of sp³-hybridized carbons (Fsp3) is 0.158. The molecule has 1 unspecified atom stereocenters. The number of hydrogen-bond donors (Lipinski definition) is 1. The number of nitro groups is 1. The number of hydrogen-bond acceptors (Lipinski definition) is 6. The number of anilines is 1. The van der Waals surface area contributed by atoms with Crippen molar-refractivity contribution in [3.05, 3.63) is 85.5 Å². The summed E-state index contributed by atoms with van der Waals surface area (Å²) < 4.78 is 20.2. The predicted molar refractivity (Wildman–Crippen MR) is 104 cm³/mol. The second-order valence-electron chi connectivity index (χ2n) is 6.38. The van der Waals surface area contributed by atoms with Crippen molar-refractivity contribution in [3.8, 4) is 11.4 Å². The molecule has 2 aromatic carbocycles. The van der Waals surface area contributed by atoms with E-state index in [1.807, 2.05) is 0 Å². The van der Waals surface area contributed by atoms with Gasteiger partial charge in [0.05, 0.1) is 35.1 Å². The third-order valence-corrected chi connectivity index (χ3v) is 4.93. The third kappa shape index (κ3) is 3.64. The standard InChI is InChI=1S/C19H14ClFN4O4/c20-18-16(23-15-7-8-29-17-6-1-11(21)9-14(15)17)10-22-24(19(18)26)12-2-4-13(5-3-12)25(27)28/h1-6,9-10,15,23H,7-8H2. The van der Waals surface area contributed by atoms with E-state index in [2.05, 4.69) is 10.4 Å². The highest BCUT2D eigenvalue weighted by molar-refractivity contribution is 6.33. The summed E-state index contributed by atoms with van der Waals surface area (Å²) >= 11 is 6.26. The largest absolute Gasteiger partial charge is 0.493 e. The van der Waals surface area contributed by atoms with Crippen molar-refractivity contribution < 1.29 is 14.1 Å². The van der Waals surface area contributed by atoms with Crippen LogP contribution in [-0.4, -0.2) is 21.3 Å².